The molecule has 3 atom stereocenters. The number of rotatable bonds is 8. The fraction of sp³-hybridized carbons (Fsp3) is 0.619. The number of nitrogens with zero attached hydrogens (tertiary/aromatic N) is 1. The van der Waals surface area contributed by atoms with Gasteiger partial charge in [0, 0.05) is 37.5 Å². The Morgan fingerprint density at radius 3 is 2.56 bits per heavy atom. The van der Waals surface area contributed by atoms with Crippen molar-refractivity contribution in [2.45, 2.75) is 51.5 Å². The van der Waals surface area contributed by atoms with E-state index < -0.39 is 0 Å². The average Bonchev–Trinajstić information content (AvgIpc) is 3.23. The second-order valence-electron chi connectivity index (χ2n) is 7.57. The average molecular weight is 395 g/mol. The third-order valence-electron chi connectivity index (χ3n) is 5.82. The zero-order valence-electron chi connectivity index (χ0n) is 16.1. The van der Waals surface area contributed by atoms with E-state index in [1.807, 2.05) is 24.0 Å². The fourth-order valence-corrected chi connectivity index (χ4v) is 4.18. The van der Waals surface area contributed by atoms with Gasteiger partial charge in [-0.1, -0.05) is 6.92 Å². The molecular weight excluding hydrogens is 364 g/mol. The molecule has 6 heteroatoms. The van der Waals surface area contributed by atoms with E-state index >= 15 is 0 Å². The molecule has 1 aliphatic heterocycles. The van der Waals surface area contributed by atoms with E-state index in [1.165, 1.54) is 6.42 Å². The van der Waals surface area contributed by atoms with Crippen molar-refractivity contribution in [2.24, 2.45) is 17.6 Å². The molecule has 5 nitrogen and oxygen atoms in total. The SMILES string of the molecule is CCC(=O)c1ccc(OCCCCC(=O)N2CC3CCC(N)C3C2)cc1.Cl. The van der Waals surface area contributed by atoms with Crippen LogP contribution in [-0.4, -0.2) is 42.3 Å². The van der Waals surface area contributed by atoms with Crippen molar-refractivity contribution in [1.82, 2.24) is 4.90 Å². The molecule has 1 amide bonds. The summed E-state index contributed by atoms with van der Waals surface area (Å²) in [5.41, 5.74) is 6.86. The van der Waals surface area contributed by atoms with Gasteiger partial charge in [-0.3, -0.25) is 9.59 Å². The number of ketones is 1. The number of unbranched alkanes of at least 4 members (excludes halogenated alkanes) is 1. The van der Waals surface area contributed by atoms with Gasteiger partial charge < -0.3 is 15.4 Å². The summed E-state index contributed by atoms with van der Waals surface area (Å²) in [5, 5.41) is 0. The maximum atomic E-state index is 12.4. The first kappa shape index (κ1) is 21.7. The Bertz CT molecular complexity index is 635. The van der Waals surface area contributed by atoms with Crippen LogP contribution in [0.4, 0.5) is 0 Å². The van der Waals surface area contributed by atoms with Gasteiger partial charge in [-0.2, -0.15) is 0 Å². The highest BCUT2D eigenvalue weighted by Gasteiger charge is 2.42. The molecule has 1 saturated carbocycles. The van der Waals surface area contributed by atoms with Crippen LogP contribution in [0.15, 0.2) is 24.3 Å². The zero-order valence-corrected chi connectivity index (χ0v) is 16.9. The highest BCUT2D eigenvalue weighted by molar-refractivity contribution is 5.95. The maximum absolute atomic E-state index is 12.4. The number of fused-ring (bicyclic) bond motifs is 1. The number of hydrogen-bond acceptors (Lipinski definition) is 4. The Balaban J connectivity index is 0.00000261. The van der Waals surface area contributed by atoms with Crippen molar-refractivity contribution in [2.75, 3.05) is 19.7 Å². The van der Waals surface area contributed by atoms with Gasteiger partial charge in [-0.05, 0) is 61.8 Å². The number of Topliss-reactive ketones (excluding diaryl/α,β-unsaturated/α-hetero) is 1. The minimum Gasteiger partial charge on any atom is -0.494 e. The number of carbonyl (C=O) groups is 2. The quantitative estimate of drug-likeness (QED) is 0.541. The first-order valence-electron chi connectivity index (χ1n) is 9.88. The summed E-state index contributed by atoms with van der Waals surface area (Å²) in [5.74, 6) is 2.31. The highest BCUT2D eigenvalue weighted by atomic mass is 35.5. The minimum absolute atomic E-state index is 0. The molecule has 1 saturated heterocycles. The first-order valence-corrected chi connectivity index (χ1v) is 9.88. The van der Waals surface area contributed by atoms with E-state index in [1.54, 1.807) is 12.1 Å². The van der Waals surface area contributed by atoms with Gasteiger partial charge in [-0.25, -0.2) is 0 Å². The van der Waals surface area contributed by atoms with E-state index in [0.29, 0.717) is 31.3 Å². The lowest BCUT2D eigenvalue weighted by molar-refractivity contribution is -0.130. The molecule has 0 bridgehead atoms. The summed E-state index contributed by atoms with van der Waals surface area (Å²) < 4.78 is 5.70. The van der Waals surface area contributed by atoms with Gasteiger partial charge in [0.2, 0.25) is 5.91 Å². The predicted molar refractivity (Wildman–Crippen MR) is 108 cm³/mol. The summed E-state index contributed by atoms with van der Waals surface area (Å²) in [4.78, 5) is 26.0. The number of halogens is 1. The van der Waals surface area contributed by atoms with Gasteiger partial charge in [0.05, 0.1) is 6.61 Å². The molecule has 3 unspecified atom stereocenters. The summed E-state index contributed by atoms with van der Waals surface area (Å²) in [6.07, 6.45) is 5.07. The monoisotopic (exact) mass is 394 g/mol. The van der Waals surface area contributed by atoms with Crippen molar-refractivity contribution in [3.8, 4) is 5.75 Å². The maximum Gasteiger partial charge on any atom is 0.222 e. The van der Waals surface area contributed by atoms with Crippen LogP contribution in [0.1, 0.15) is 55.8 Å². The summed E-state index contributed by atoms with van der Waals surface area (Å²) >= 11 is 0. The number of carbonyl (C=O) groups excluding carboxylic acids is 2. The predicted octanol–water partition coefficient (Wildman–Crippen LogP) is 3.45. The van der Waals surface area contributed by atoms with Gasteiger partial charge in [-0.15, -0.1) is 12.4 Å². The minimum atomic E-state index is 0. The van der Waals surface area contributed by atoms with Crippen molar-refractivity contribution in [3.05, 3.63) is 29.8 Å². The molecule has 1 heterocycles. The van der Waals surface area contributed by atoms with Crippen LogP contribution < -0.4 is 10.5 Å². The number of amides is 1. The molecular formula is C21H31ClN2O3. The number of hydrogen-bond donors (Lipinski definition) is 1. The second-order valence-corrected chi connectivity index (χ2v) is 7.57. The van der Waals surface area contributed by atoms with E-state index in [2.05, 4.69) is 0 Å². The normalized spacial score (nSPS) is 23.6. The van der Waals surface area contributed by atoms with Gasteiger partial charge in [0.25, 0.3) is 0 Å². The molecule has 3 rings (SSSR count). The molecule has 0 spiro atoms. The topological polar surface area (TPSA) is 72.6 Å². The van der Waals surface area contributed by atoms with Crippen LogP contribution in [0.5, 0.6) is 5.75 Å². The molecule has 150 valence electrons. The lowest BCUT2D eigenvalue weighted by Gasteiger charge is -2.18. The third kappa shape index (κ3) is 5.45. The van der Waals surface area contributed by atoms with E-state index in [9.17, 15) is 9.59 Å². The van der Waals surface area contributed by atoms with Crippen LogP contribution >= 0.6 is 12.4 Å². The molecule has 0 radical (unpaired) electrons. The Kier molecular flexibility index (Phi) is 8.11. The Hall–Kier alpha value is -1.59. The van der Waals surface area contributed by atoms with Crippen LogP contribution in [0.2, 0.25) is 0 Å². The van der Waals surface area contributed by atoms with Crippen LogP contribution in [0, 0.1) is 11.8 Å². The largest absolute Gasteiger partial charge is 0.494 e. The molecule has 2 aliphatic rings. The molecule has 1 aromatic carbocycles. The Labute approximate surface area is 168 Å². The van der Waals surface area contributed by atoms with Crippen molar-refractivity contribution < 1.29 is 14.3 Å². The van der Waals surface area contributed by atoms with E-state index in [0.717, 1.165) is 43.7 Å². The number of ether oxygens (including phenoxy) is 1. The molecule has 0 aromatic heterocycles. The Morgan fingerprint density at radius 1 is 1.15 bits per heavy atom. The third-order valence-corrected chi connectivity index (χ3v) is 5.82. The number of likely N-dealkylation sites (tertiary alicyclic amines) is 1. The molecule has 27 heavy (non-hydrogen) atoms. The molecule has 1 aromatic rings. The van der Waals surface area contributed by atoms with E-state index in [4.69, 9.17) is 10.5 Å². The van der Waals surface area contributed by atoms with Crippen molar-refractivity contribution >= 4 is 24.1 Å². The molecule has 2 fully saturated rings. The smallest absolute Gasteiger partial charge is 0.222 e. The summed E-state index contributed by atoms with van der Waals surface area (Å²) in [6, 6.07) is 7.56. The van der Waals surface area contributed by atoms with E-state index in [-0.39, 0.29) is 30.1 Å². The fourth-order valence-electron chi connectivity index (χ4n) is 4.18. The standard InChI is InChI=1S/C21H30N2O3.ClH/c1-2-20(24)15-6-9-17(10-7-15)26-12-4-3-5-21(25)23-13-16-8-11-19(22)18(16)14-23;/h6-7,9-10,16,18-19H,2-5,8,11-14,22H2,1H3;1H. The number of benzene rings is 1. The first-order chi connectivity index (χ1) is 12.6. The Morgan fingerprint density at radius 2 is 1.89 bits per heavy atom. The van der Waals surface area contributed by atoms with Crippen LogP contribution in [0.25, 0.3) is 0 Å². The van der Waals surface area contributed by atoms with Crippen molar-refractivity contribution in [1.29, 1.82) is 0 Å². The summed E-state index contributed by atoms with van der Waals surface area (Å²) in [7, 11) is 0. The zero-order chi connectivity index (χ0) is 18.5. The van der Waals surface area contributed by atoms with Gasteiger partial charge in [0.1, 0.15) is 5.75 Å². The molecule has 1 aliphatic carbocycles. The second kappa shape index (κ2) is 10.1. The lowest BCUT2D eigenvalue weighted by atomic mass is 9.98. The lowest BCUT2D eigenvalue weighted by Crippen LogP contribution is -2.33. The summed E-state index contributed by atoms with van der Waals surface area (Å²) in [6.45, 7) is 4.20. The van der Waals surface area contributed by atoms with Gasteiger partial charge >= 0.3 is 0 Å². The van der Waals surface area contributed by atoms with Crippen LogP contribution in [-0.2, 0) is 4.79 Å². The number of nitrogens with two attached hydrogens (primary N) is 1. The van der Waals surface area contributed by atoms with Crippen LogP contribution in [0.3, 0.4) is 0 Å². The van der Waals surface area contributed by atoms with Crippen molar-refractivity contribution in [3.63, 3.8) is 0 Å². The highest BCUT2D eigenvalue weighted by Crippen LogP contribution is 2.37. The van der Waals surface area contributed by atoms with Gasteiger partial charge in [0.15, 0.2) is 5.78 Å². The molecule has 2 N–H and O–H groups in total.